The average Bonchev–Trinajstić information content (AvgIpc) is 3.27. The van der Waals surface area contributed by atoms with Gasteiger partial charge in [-0.1, -0.05) is 24.3 Å². The maximum atomic E-state index is 12.1. The van der Waals surface area contributed by atoms with Gasteiger partial charge in [0.2, 0.25) is 6.54 Å². The van der Waals surface area contributed by atoms with Crippen molar-refractivity contribution < 1.29 is 9.53 Å². The summed E-state index contributed by atoms with van der Waals surface area (Å²) in [4.78, 5) is 25.1. The number of carbonyl (C=O) groups is 1. The highest BCUT2D eigenvalue weighted by molar-refractivity contribution is 7.15. The fraction of sp³-hybridized carbons (Fsp3) is 0.273. The largest absolute Gasteiger partial charge is 0.469 e. The average molecular weight is 430 g/mol. The van der Waals surface area contributed by atoms with Gasteiger partial charge in [0.25, 0.3) is 0 Å². The SMILES string of the molecule is [C-]#[N+]Cc1sc2c(c1C)C(c1ccc([N+]#[C-])cc1)=N[C@@H](CC(=O)OC)c1nnc(C)n1-2. The van der Waals surface area contributed by atoms with Crippen LogP contribution in [0.15, 0.2) is 29.3 Å². The first-order valence-electron chi connectivity index (χ1n) is 9.49. The standard InChI is InChI=1S/C22H18N6O2S/c1-12-17(11-23-3)31-22-19(12)20(14-6-8-15(24-4)9-7-14)25-16(10-18(29)30-5)21-27-26-13(2)28(21)22/h6-9,16H,10-11H2,1-2,5H3/t16-/m0/s1. The number of fused-ring (bicyclic) bond motifs is 3. The molecule has 4 rings (SSSR count). The summed E-state index contributed by atoms with van der Waals surface area (Å²) < 4.78 is 6.82. The Balaban J connectivity index is 2.01. The number of benzene rings is 1. The predicted molar refractivity (Wildman–Crippen MR) is 117 cm³/mol. The van der Waals surface area contributed by atoms with Gasteiger partial charge >= 0.3 is 5.97 Å². The van der Waals surface area contributed by atoms with E-state index in [4.69, 9.17) is 22.9 Å². The molecule has 2 aromatic heterocycles. The molecule has 0 radical (unpaired) electrons. The lowest BCUT2D eigenvalue weighted by Gasteiger charge is -2.11. The number of hydrogen-bond donors (Lipinski definition) is 0. The maximum Gasteiger partial charge on any atom is 0.308 e. The van der Waals surface area contributed by atoms with Crippen LogP contribution in [0.5, 0.6) is 0 Å². The van der Waals surface area contributed by atoms with Crippen LogP contribution in [-0.4, -0.2) is 33.6 Å². The topological polar surface area (TPSA) is 78.1 Å². The Bertz CT molecular complexity index is 1290. The Morgan fingerprint density at radius 1 is 1.23 bits per heavy atom. The van der Waals surface area contributed by atoms with Crippen LogP contribution in [-0.2, 0) is 16.1 Å². The second kappa shape index (κ2) is 8.13. The van der Waals surface area contributed by atoms with Crippen molar-refractivity contribution in [3.63, 3.8) is 0 Å². The smallest absolute Gasteiger partial charge is 0.308 e. The van der Waals surface area contributed by atoms with Crippen LogP contribution in [0.1, 0.15) is 45.7 Å². The van der Waals surface area contributed by atoms with Crippen LogP contribution in [0.3, 0.4) is 0 Å². The summed E-state index contributed by atoms with van der Waals surface area (Å²) >= 11 is 1.52. The van der Waals surface area contributed by atoms with E-state index < -0.39 is 6.04 Å². The number of carbonyl (C=O) groups excluding carboxylic acids is 1. The highest BCUT2D eigenvalue weighted by Gasteiger charge is 2.33. The van der Waals surface area contributed by atoms with Crippen LogP contribution in [0.2, 0.25) is 0 Å². The van der Waals surface area contributed by atoms with E-state index in [0.29, 0.717) is 23.0 Å². The molecule has 31 heavy (non-hydrogen) atoms. The van der Waals surface area contributed by atoms with E-state index in [2.05, 4.69) is 19.9 Å². The normalized spacial score (nSPS) is 14.5. The first-order valence-corrected chi connectivity index (χ1v) is 10.3. The number of aryl methyl sites for hydroxylation is 1. The maximum absolute atomic E-state index is 12.1. The number of esters is 1. The van der Waals surface area contributed by atoms with Gasteiger partial charge in [-0.3, -0.25) is 14.4 Å². The van der Waals surface area contributed by atoms with E-state index in [1.54, 1.807) is 12.1 Å². The van der Waals surface area contributed by atoms with E-state index in [-0.39, 0.29) is 18.9 Å². The molecular weight excluding hydrogens is 412 g/mol. The second-order valence-electron chi connectivity index (χ2n) is 7.02. The quantitative estimate of drug-likeness (QED) is 0.455. The Kier molecular flexibility index (Phi) is 5.37. The molecule has 1 aliphatic heterocycles. The van der Waals surface area contributed by atoms with Gasteiger partial charge in [0.15, 0.2) is 11.5 Å². The molecule has 1 aromatic carbocycles. The Morgan fingerprint density at radius 2 is 1.97 bits per heavy atom. The molecule has 8 nitrogen and oxygen atoms in total. The van der Waals surface area contributed by atoms with Gasteiger partial charge in [-0.2, -0.15) is 0 Å². The summed E-state index contributed by atoms with van der Waals surface area (Å²) in [6.07, 6.45) is 0.0289. The molecule has 3 aromatic rings. The molecule has 0 fully saturated rings. The number of hydrogen-bond acceptors (Lipinski definition) is 6. The number of nitrogens with zero attached hydrogens (tertiary/aromatic N) is 6. The summed E-state index contributed by atoms with van der Waals surface area (Å²) in [5, 5.41) is 9.44. The van der Waals surface area contributed by atoms with Crippen molar-refractivity contribution in [2.24, 2.45) is 4.99 Å². The number of ether oxygens (including phenoxy) is 1. The third kappa shape index (κ3) is 3.49. The molecule has 0 unspecified atom stereocenters. The van der Waals surface area contributed by atoms with E-state index in [9.17, 15) is 4.79 Å². The fourth-order valence-corrected chi connectivity index (χ4v) is 4.90. The van der Waals surface area contributed by atoms with Crippen molar-refractivity contribution in [3.8, 4) is 5.00 Å². The molecule has 0 amide bonds. The zero-order chi connectivity index (χ0) is 22.1. The number of rotatable bonds is 4. The molecule has 0 saturated carbocycles. The van der Waals surface area contributed by atoms with Crippen LogP contribution in [0.4, 0.5) is 5.69 Å². The molecule has 1 atom stereocenters. The summed E-state index contributed by atoms with van der Waals surface area (Å²) in [6.45, 7) is 18.7. The minimum absolute atomic E-state index is 0.0289. The molecule has 0 N–H and O–H groups in total. The minimum atomic E-state index is -0.576. The van der Waals surface area contributed by atoms with Crippen molar-refractivity contribution in [3.05, 3.63) is 80.3 Å². The van der Waals surface area contributed by atoms with Crippen molar-refractivity contribution in [1.29, 1.82) is 0 Å². The van der Waals surface area contributed by atoms with Crippen molar-refractivity contribution in [1.82, 2.24) is 14.8 Å². The van der Waals surface area contributed by atoms with Gasteiger partial charge in [-0.05, 0) is 25.0 Å². The van der Waals surface area contributed by atoms with Gasteiger partial charge < -0.3 is 9.58 Å². The Hall–Kier alpha value is -3.82. The Labute approximate surface area is 183 Å². The lowest BCUT2D eigenvalue weighted by Crippen LogP contribution is -2.12. The summed E-state index contributed by atoms with van der Waals surface area (Å²) in [7, 11) is 1.35. The van der Waals surface area contributed by atoms with Gasteiger partial charge in [0.05, 0.1) is 30.7 Å². The molecule has 3 heterocycles. The first-order chi connectivity index (χ1) is 15.0. The van der Waals surface area contributed by atoms with Crippen molar-refractivity contribution in [2.45, 2.75) is 32.9 Å². The van der Waals surface area contributed by atoms with E-state index in [1.807, 2.05) is 30.5 Å². The van der Waals surface area contributed by atoms with Crippen molar-refractivity contribution in [2.75, 3.05) is 7.11 Å². The number of thiophene rings is 1. The van der Waals surface area contributed by atoms with Gasteiger partial charge in [-0.25, -0.2) is 11.4 Å². The summed E-state index contributed by atoms with van der Waals surface area (Å²) in [5.41, 5.74) is 3.94. The van der Waals surface area contributed by atoms with Crippen LogP contribution in [0.25, 0.3) is 14.7 Å². The zero-order valence-corrected chi connectivity index (χ0v) is 18.0. The van der Waals surface area contributed by atoms with Crippen LogP contribution >= 0.6 is 11.3 Å². The van der Waals surface area contributed by atoms with Crippen LogP contribution < -0.4 is 0 Å². The van der Waals surface area contributed by atoms with E-state index in [0.717, 1.165) is 26.6 Å². The van der Waals surface area contributed by atoms with Crippen LogP contribution in [0, 0.1) is 27.0 Å². The minimum Gasteiger partial charge on any atom is -0.469 e. The predicted octanol–water partition coefficient (Wildman–Crippen LogP) is 4.37. The fourth-order valence-electron chi connectivity index (χ4n) is 3.62. The summed E-state index contributed by atoms with van der Waals surface area (Å²) in [6, 6.07) is 6.63. The van der Waals surface area contributed by atoms with E-state index >= 15 is 0 Å². The molecule has 0 spiro atoms. The Morgan fingerprint density at radius 3 is 2.61 bits per heavy atom. The van der Waals surface area contributed by atoms with Crippen molar-refractivity contribution >= 4 is 28.7 Å². The third-order valence-corrected chi connectivity index (χ3v) is 6.44. The molecule has 0 aliphatic carbocycles. The lowest BCUT2D eigenvalue weighted by molar-refractivity contribution is -0.141. The lowest BCUT2D eigenvalue weighted by atomic mass is 9.99. The highest BCUT2D eigenvalue weighted by atomic mass is 32.1. The number of aliphatic imine (C=N–C) groups is 1. The molecule has 1 aliphatic rings. The molecule has 0 bridgehead atoms. The number of methoxy groups -OCH3 is 1. The summed E-state index contributed by atoms with van der Waals surface area (Å²) in [5.74, 6) is 0.855. The first kappa shape index (κ1) is 20.5. The third-order valence-electron chi connectivity index (χ3n) is 5.18. The van der Waals surface area contributed by atoms with E-state index in [1.165, 1.54) is 18.4 Å². The molecule has 0 saturated heterocycles. The van der Waals surface area contributed by atoms with Gasteiger partial charge in [0, 0.05) is 5.56 Å². The molecule has 9 heteroatoms. The van der Waals surface area contributed by atoms with Gasteiger partial charge in [-0.15, -0.1) is 21.5 Å². The van der Waals surface area contributed by atoms with Gasteiger partial charge in [0.1, 0.15) is 16.9 Å². The number of aromatic nitrogens is 3. The monoisotopic (exact) mass is 430 g/mol. The molecular formula is C22H18N6O2S. The molecule has 154 valence electrons. The second-order valence-corrected chi connectivity index (χ2v) is 8.10. The zero-order valence-electron chi connectivity index (χ0n) is 17.2. The highest BCUT2D eigenvalue weighted by Crippen LogP contribution is 2.40.